The molecule has 0 aromatic heterocycles. The highest BCUT2D eigenvalue weighted by molar-refractivity contribution is 5.98. The van der Waals surface area contributed by atoms with Gasteiger partial charge in [-0.2, -0.15) is 0 Å². The summed E-state index contributed by atoms with van der Waals surface area (Å²) in [5.41, 5.74) is 0. The molecule has 0 spiro atoms. The van der Waals surface area contributed by atoms with Crippen LogP contribution in [0.25, 0.3) is 0 Å². The van der Waals surface area contributed by atoms with Crippen molar-refractivity contribution in [3.63, 3.8) is 0 Å². The molecule has 5 heteroatoms. The maximum absolute atomic E-state index is 11.6. The van der Waals surface area contributed by atoms with Crippen molar-refractivity contribution in [2.45, 2.75) is 37.8 Å². The molecular weight excluding hydrogens is 208 g/mol. The Morgan fingerprint density at radius 2 is 1.69 bits per heavy atom. The van der Waals surface area contributed by atoms with Crippen LogP contribution < -0.4 is 5.32 Å². The summed E-state index contributed by atoms with van der Waals surface area (Å²) in [5, 5.41) is 3.24. The van der Waals surface area contributed by atoms with E-state index < -0.39 is 0 Å². The lowest BCUT2D eigenvalue weighted by Crippen LogP contribution is -2.53. The van der Waals surface area contributed by atoms with Gasteiger partial charge in [-0.25, -0.2) is 0 Å². The molecule has 1 aliphatic carbocycles. The largest absolute Gasteiger partial charge is 0.362 e. The number of nitrogens with one attached hydrogen (secondary N) is 1. The Morgan fingerprint density at radius 3 is 2.19 bits per heavy atom. The number of rotatable bonds is 2. The van der Waals surface area contributed by atoms with Crippen molar-refractivity contribution in [2.24, 2.45) is 0 Å². The molecule has 1 heterocycles. The molecule has 2 rings (SSSR count). The molecule has 2 amide bonds. The molecule has 1 aliphatic heterocycles. The number of ether oxygens (including phenoxy) is 1. The van der Waals surface area contributed by atoms with Crippen LogP contribution in [0, 0.1) is 0 Å². The van der Waals surface area contributed by atoms with Crippen molar-refractivity contribution in [1.29, 1.82) is 0 Å². The summed E-state index contributed by atoms with van der Waals surface area (Å²) < 4.78 is 4.90. The summed E-state index contributed by atoms with van der Waals surface area (Å²) in [6, 6.07) is 0.621. The molecule has 0 aromatic rings. The van der Waals surface area contributed by atoms with E-state index in [2.05, 4.69) is 5.32 Å². The second kappa shape index (κ2) is 4.93. The van der Waals surface area contributed by atoms with Gasteiger partial charge in [0.2, 0.25) is 0 Å². The van der Waals surface area contributed by atoms with E-state index in [0.717, 1.165) is 25.7 Å². The van der Waals surface area contributed by atoms with E-state index in [4.69, 9.17) is 4.74 Å². The maximum Gasteiger partial charge on any atom is 0.255 e. The van der Waals surface area contributed by atoms with E-state index in [0.29, 0.717) is 6.04 Å². The van der Waals surface area contributed by atoms with Gasteiger partial charge in [0, 0.05) is 12.1 Å². The van der Waals surface area contributed by atoms with Crippen LogP contribution in [-0.4, -0.2) is 49.1 Å². The maximum atomic E-state index is 11.6. The van der Waals surface area contributed by atoms with E-state index in [1.807, 2.05) is 7.05 Å². The van der Waals surface area contributed by atoms with Crippen LogP contribution in [0.3, 0.4) is 0 Å². The SMILES string of the molecule is CNC1CCC(N2C(=O)COCC2=O)CC1. The van der Waals surface area contributed by atoms with E-state index in [-0.39, 0.29) is 31.1 Å². The van der Waals surface area contributed by atoms with Crippen LogP contribution in [-0.2, 0) is 14.3 Å². The zero-order chi connectivity index (χ0) is 11.5. The second-order valence-electron chi connectivity index (χ2n) is 4.44. The average molecular weight is 226 g/mol. The van der Waals surface area contributed by atoms with Crippen molar-refractivity contribution in [3.05, 3.63) is 0 Å². The molecule has 1 saturated heterocycles. The first-order chi connectivity index (χ1) is 7.72. The summed E-state index contributed by atoms with van der Waals surface area (Å²) in [7, 11) is 1.95. The lowest BCUT2D eigenvalue weighted by Gasteiger charge is -2.37. The molecule has 5 nitrogen and oxygen atoms in total. The first kappa shape index (κ1) is 11.5. The summed E-state index contributed by atoms with van der Waals surface area (Å²) in [6.45, 7) is 0.107. The van der Waals surface area contributed by atoms with Crippen LogP contribution in [0.15, 0.2) is 0 Å². The van der Waals surface area contributed by atoms with E-state index in [1.54, 1.807) is 0 Å². The van der Waals surface area contributed by atoms with Gasteiger partial charge in [0.25, 0.3) is 11.8 Å². The molecule has 90 valence electrons. The fourth-order valence-corrected chi connectivity index (χ4v) is 2.53. The topological polar surface area (TPSA) is 58.6 Å². The molecule has 0 atom stereocenters. The van der Waals surface area contributed by atoms with Crippen LogP contribution >= 0.6 is 0 Å². The number of hydrogen-bond donors (Lipinski definition) is 1. The zero-order valence-electron chi connectivity index (χ0n) is 9.57. The highest BCUT2D eigenvalue weighted by Gasteiger charge is 2.35. The zero-order valence-corrected chi connectivity index (χ0v) is 9.57. The van der Waals surface area contributed by atoms with Gasteiger partial charge in [0.15, 0.2) is 0 Å². The smallest absolute Gasteiger partial charge is 0.255 e. The third-order valence-electron chi connectivity index (χ3n) is 3.46. The Bertz CT molecular complexity index is 269. The van der Waals surface area contributed by atoms with E-state index in [9.17, 15) is 9.59 Å². The first-order valence-corrected chi connectivity index (χ1v) is 5.82. The first-order valence-electron chi connectivity index (χ1n) is 5.82. The predicted octanol–water partition coefficient (Wildman–Crippen LogP) is -0.0976. The van der Waals surface area contributed by atoms with Gasteiger partial charge in [-0.3, -0.25) is 14.5 Å². The van der Waals surface area contributed by atoms with Crippen LogP contribution in [0.4, 0.5) is 0 Å². The number of nitrogens with zero attached hydrogens (tertiary/aromatic N) is 1. The Kier molecular flexibility index (Phi) is 3.56. The number of hydrogen-bond acceptors (Lipinski definition) is 4. The molecule has 0 bridgehead atoms. The van der Waals surface area contributed by atoms with Crippen molar-refractivity contribution >= 4 is 11.8 Å². The molecule has 16 heavy (non-hydrogen) atoms. The average Bonchev–Trinajstić information content (AvgIpc) is 2.30. The van der Waals surface area contributed by atoms with Gasteiger partial charge in [0.05, 0.1) is 0 Å². The monoisotopic (exact) mass is 226 g/mol. The minimum atomic E-state index is -0.177. The fourth-order valence-electron chi connectivity index (χ4n) is 2.53. The van der Waals surface area contributed by atoms with E-state index >= 15 is 0 Å². The van der Waals surface area contributed by atoms with Gasteiger partial charge in [-0.1, -0.05) is 0 Å². The second-order valence-corrected chi connectivity index (χ2v) is 4.44. The van der Waals surface area contributed by atoms with Crippen molar-refractivity contribution in [2.75, 3.05) is 20.3 Å². The standard InChI is InChI=1S/C11H18N2O3/c1-12-8-2-4-9(5-3-8)13-10(14)6-16-7-11(13)15/h8-9,12H,2-7H2,1H3. The van der Waals surface area contributed by atoms with Crippen molar-refractivity contribution < 1.29 is 14.3 Å². The Hall–Kier alpha value is -0.940. The van der Waals surface area contributed by atoms with Crippen molar-refractivity contribution in [3.8, 4) is 0 Å². The Labute approximate surface area is 95.1 Å². The summed E-state index contributed by atoms with van der Waals surface area (Å²) >= 11 is 0. The normalized spacial score (nSPS) is 31.9. The molecule has 0 unspecified atom stereocenters. The number of imide groups is 1. The molecule has 2 fully saturated rings. The molecule has 1 N–H and O–H groups in total. The highest BCUT2D eigenvalue weighted by atomic mass is 16.5. The van der Waals surface area contributed by atoms with Gasteiger partial charge < -0.3 is 10.1 Å². The lowest BCUT2D eigenvalue weighted by molar-refractivity contribution is -0.162. The molecular formula is C11H18N2O3. The summed E-state index contributed by atoms with van der Waals surface area (Å²) in [5.74, 6) is -0.353. The fraction of sp³-hybridized carbons (Fsp3) is 0.818. The van der Waals surface area contributed by atoms with Gasteiger partial charge >= 0.3 is 0 Å². The van der Waals surface area contributed by atoms with Gasteiger partial charge in [-0.05, 0) is 32.7 Å². The third kappa shape index (κ3) is 2.25. The minimum Gasteiger partial charge on any atom is -0.362 e. The Balaban J connectivity index is 1.96. The van der Waals surface area contributed by atoms with Gasteiger partial charge in [-0.15, -0.1) is 0 Å². The number of carbonyl (C=O) groups excluding carboxylic acids is 2. The number of morpholine rings is 1. The molecule has 0 aromatic carbocycles. The summed E-state index contributed by atoms with van der Waals surface area (Å²) in [4.78, 5) is 24.7. The van der Waals surface area contributed by atoms with Gasteiger partial charge in [0.1, 0.15) is 13.2 Å². The number of amides is 2. The van der Waals surface area contributed by atoms with Crippen LogP contribution in [0.5, 0.6) is 0 Å². The number of carbonyl (C=O) groups is 2. The summed E-state index contributed by atoms with van der Waals surface area (Å²) in [6.07, 6.45) is 3.87. The molecule has 2 aliphatic rings. The quantitative estimate of drug-likeness (QED) is 0.668. The predicted molar refractivity (Wildman–Crippen MR) is 57.8 cm³/mol. The Morgan fingerprint density at radius 1 is 1.12 bits per heavy atom. The van der Waals surface area contributed by atoms with Crippen LogP contribution in [0.1, 0.15) is 25.7 Å². The molecule has 1 saturated carbocycles. The van der Waals surface area contributed by atoms with E-state index in [1.165, 1.54) is 4.90 Å². The minimum absolute atomic E-state index is 0.0533. The van der Waals surface area contributed by atoms with Crippen molar-refractivity contribution in [1.82, 2.24) is 10.2 Å². The third-order valence-corrected chi connectivity index (χ3v) is 3.46. The highest BCUT2D eigenvalue weighted by Crippen LogP contribution is 2.24. The van der Waals surface area contributed by atoms with Crippen LogP contribution in [0.2, 0.25) is 0 Å². The lowest BCUT2D eigenvalue weighted by atomic mass is 9.90. The molecule has 0 radical (unpaired) electrons.